The molecule has 4 nitrogen and oxygen atoms in total. The molecule has 1 aromatic heterocycles. The number of nitrogens with one attached hydrogen (secondary N) is 1. The summed E-state index contributed by atoms with van der Waals surface area (Å²) in [6.07, 6.45) is 3.90. The van der Waals surface area contributed by atoms with Crippen LogP contribution in [0.15, 0.2) is 18.2 Å². The van der Waals surface area contributed by atoms with Crippen molar-refractivity contribution in [3.05, 3.63) is 24.0 Å². The van der Waals surface area contributed by atoms with Crippen LogP contribution in [0.5, 0.6) is 5.75 Å². The molecule has 1 aromatic carbocycles. The van der Waals surface area contributed by atoms with E-state index in [0.717, 1.165) is 22.6 Å². The molecule has 3 rings (SSSR count). The lowest BCUT2D eigenvalue weighted by Crippen LogP contribution is -2.45. The monoisotopic (exact) mass is 301 g/mol. The summed E-state index contributed by atoms with van der Waals surface area (Å²) in [5.74, 6) is 1.96. The van der Waals surface area contributed by atoms with Gasteiger partial charge >= 0.3 is 0 Å². The van der Waals surface area contributed by atoms with Crippen LogP contribution in [0.4, 0.5) is 0 Å². The van der Waals surface area contributed by atoms with E-state index >= 15 is 0 Å². The van der Waals surface area contributed by atoms with E-state index in [1.165, 1.54) is 19.3 Å². The lowest BCUT2D eigenvalue weighted by atomic mass is 9.95. The molecule has 3 unspecified atom stereocenters. The van der Waals surface area contributed by atoms with Gasteiger partial charge in [-0.25, -0.2) is 4.98 Å². The van der Waals surface area contributed by atoms with Gasteiger partial charge in [0.1, 0.15) is 11.6 Å². The Labute approximate surface area is 132 Å². The smallest absolute Gasteiger partial charge is 0.124 e. The number of likely N-dealkylation sites (tertiary alicyclic amines) is 1. The van der Waals surface area contributed by atoms with Crippen molar-refractivity contribution in [3.63, 3.8) is 0 Å². The number of hydrogen-bond donors (Lipinski definition) is 1. The zero-order valence-electron chi connectivity index (χ0n) is 14.1. The number of nitrogens with zero attached hydrogens (tertiary/aromatic N) is 2. The van der Waals surface area contributed by atoms with Gasteiger partial charge in [-0.1, -0.05) is 6.42 Å². The minimum absolute atomic E-state index is 0.313. The van der Waals surface area contributed by atoms with Gasteiger partial charge in [0.2, 0.25) is 0 Å². The zero-order chi connectivity index (χ0) is 15.7. The van der Waals surface area contributed by atoms with Crippen molar-refractivity contribution in [1.82, 2.24) is 14.9 Å². The van der Waals surface area contributed by atoms with Crippen LogP contribution < -0.4 is 4.74 Å². The highest BCUT2D eigenvalue weighted by atomic mass is 16.5. The van der Waals surface area contributed by atoms with E-state index in [-0.39, 0.29) is 0 Å². The van der Waals surface area contributed by atoms with Crippen molar-refractivity contribution >= 4 is 11.0 Å². The molecule has 4 heteroatoms. The maximum atomic E-state index is 5.58. The molecule has 0 spiro atoms. The van der Waals surface area contributed by atoms with Crippen LogP contribution in [0.2, 0.25) is 0 Å². The molecule has 0 aliphatic carbocycles. The normalized spacial score (nSPS) is 24.5. The Kier molecular flexibility index (Phi) is 4.39. The van der Waals surface area contributed by atoms with Gasteiger partial charge < -0.3 is 9.72 Å². The minimum Gasteiger partial charge on any atom is -0.494 e. The average molecular weight is 301 g/mol. The zero-order valence-corrected chi connectivity index (χ0v) is 14.1. The van der Waals surface area contributed by atoms with Gasteiger partial charge in [-0.2, -0.15) is 0 Å². The lowest BCUT2D eigenvalue weighted by molar-refractivity contribution is 0.0590. The fourth-order valence-corrected chi connectivity index (χ4v) is 3.81. The van der Waals surface area contributed by atoms with Crippen LogP contribution in [0, 0.1) is 0 Å². The SMILES string of the molecule is CCOc1ccc2nc(C(C)N3C(C)CCCC3C)[nH]c2c1. The number of aromatic nitrogens is 2. The highest BCUT2D eigenvalue weighted by Crippen LogP contribution is 2.32. The number of hydrogen-bond acceptors (Lipinski definition) is 3. The predicted molar refractivity (Wildman–Crippen MR) is 90.3 cm³/mol. The third kappa shape index (κ3) is 2.84. The molecular formula is C18H27N3O. The summed E-state index contributed by atoms with van der Waals surface area (Å²) in [5, 5.41) is 0. The third-order valence-electron chi connectivity index (χ3n) is 4.89. The average Bonchev–Trinajstić information content (AvgIpc) is 2.90. The summed E-state index contributed by atoms with van der Waals surface area (Å²) in [6.45, 7) is 9.62. The molecule has 2 aromatic rings. The summed E-state index contributed by atoms with van der Waals surface area (Å²) in [6, 6.07) is 7.62. The maximum absolute atomic E-state index is 5.58. The Morgan fingerprint density at radius 3 is 2.73 bits per heavy atom. The minimum atomic E-state index is 0.313. The number of H-pyrrole nitrogens is 1. The number of ether oxygens (including phenoxy) is 1. The second-order valence-corrected chi connectivity index (χ2v) is 6.49. The van der Waals surface area contributed by atoms with E-state index in [1.54, 1.807) is 0 Å². The fourth-order valence-electron chi connectivity index (χ4n) is 3.81. The molecule has 0 amide bonds. The molecular weight excluding hydrogens is 274 g/mol. The number of piperidine rings is 1. The number of fused-ring (bicyclic) bond motifs is 1. The van der Waals surface area contributed by atoms with Gasteiger partial charge in [0.25, 0.3) is 0 Å². The van der Waals surface area contributed by atoms with Crippen LogP contribution in [0.3, 0.4) is 0 Å². The van der Waals surface area contributed by atoms with Gasteiger partial charge in [0, 0.05) is 18.2 Å². The molecule has 2 heterocycles. The first-order valence-corrected chi connectivity index (χ1v) is 8.50. The lowest BCUT2D eigenvalue weighted by Gasteiger charge is -2.42. The van der Waals surface area contributed by atoms with E-state index in [1.807, 2.05) is 25.1 Å². The molecule has 0 bridgehead atoms. The number of imidazole rings is 1. The fraction of sp³-hybridized carbons (Fsp3) is 0.611. The number of aromatic amines is 1. The van der Waals surface area contributed by atoms with Gasteiger partial charge in [-0.3, -0.25) is 4.90 Å². The van der Waals surface area contributed by atoms with Crippen molar-refractivity contribution in [2.45, 2.75) is 65.1 Å². The molecule has 1 saturated heterocycles. The number of rotatable bonds is 4. The Morgan fingerprint density at radius 2 is 2.05 bits per heavy atom. The van der Waals surface area contributed by atoms with E-state index < -0.39 is 0 Å². The van der Waals surface area contributed by atoms with Crippen molar-refractivity contribution in [1.29, 1.82) is 0 Å². The van der Waals surface area contributed by atoms with E-state index in [4.69, 9.17) is 9.72 Å². The van der Waals surface area contributed by atoms with E-state index in [9.17, 15) is 0 Å². The first-order valence-electron chi connectivity index (χ1n) is 8.50. The molecule has 22 heavy (non-hydrogen) atoms. The number of benzene rings is 1. The predicted octanol–water partition coefficient (Wildman–Crippen LogP) is 4.29. The molecule has 1 aliphatic rings. The molecule has 1 aliphatic heterocycles. The quantitative estimate of drug-likeness (QED) is 0.916. The van der Waals surface area contributed by atoms with Gasteiger partial charge in [-0.15, -0.1) is 0 Å². The molecule has 1 fully saturated rings. The van der Waals surface area contributed by atoms with Crippen LogP contribution in [0.25, 0.3) is 11.0 Å². The Bertz CT molecular complexity index is 626. The van der Waals surface area contributed by atoms with Crippen molar-refractivity contribution in [3.8, 4) is 5.75 Å². The Morgan fingerprint density at radius 1 is 1.32 bits per heavy atom. The second kappa shape index (κ2) is 6.29. The molecule has 3 atom stereocenters. The van der Waals surface area contributed by atoms with E-state index in [2.05, 4.69) is 30.7 Å². The van der Waals surface area contributed by atoms with Crippen molar-refractivity contribution < 1.29 is 4.74 Å². The highest BCUT2D eigenvalue weighted by molar-refractivity contribution is 5.76. The summed E-state index contributed by atoms with van der Waals surface area (Å²) in [4.78, 5) is 10.9. The Balaban J connectivity index is 1.88. The highest BCUT2D eigenvalue weighted by Gasteiger charge is 2.30. The third-order valence-corrected chi connectivity index (χ3v) is 4.89. The topological polar surface area (TPSA) is 41.1 Å². The second-order valence-electron chi connectivity index (χ2n) is 6.49. The largest absolute Gasteiger partial charge is 0.494 e. The van der Waals surface area contributed by atoms with Gasteiger partial charge in [0.15, 0.2) is 0 Å². The Hall–Kier alpha value is -1.55. The molecule has 1 N–H and O–H groups in total. The summed E-state index contributed by atoms with van der Waals surface area (Å²) in [7, 11) is 0. The van der Waals surface area contributed by atoms with Crippen LogP contribution in [0.1, 0.15) is 58.8 Å². The van der Waals surface area contributed by atoms with Crippen molar-refractivity contribution in [2.24, 2.45) is 0 Å². The van der Waals surface area contributed by atoms with Crippen molar-refractivity contribution in [2.75, 3.05) is 6.61 Å². The standard InChI is InChI=1S/C18H27N3O/c1-5-22-15-9-10-16-17(11-15)20-18(19-16)14(4)21-12(2)7-6-8-13(21)3/h9-14H,5-8H2,1-4H3,(H,19,20). The molecule has 0 saturated carbocycles. The van der Waals surface area contributed by atoms with Gasteiger partial charge in [-0.05, 0) is 52.7 Å². The van der Waals surface area contributed by atoms with Crippen LogP contribution >= 0.6 is 0 Å². The summed E-state index contributed by atoms with van der Waals surface area (Å²) >= 11 is 0. The molecule has 0 radical (unpaired) electrons. The van der Waals surface area contributed by atoms with Crippen LogP contribution in [-0.2, 0) is 0 Å². The summed E-state index contributed by atoms with van der Waals surface area (Å²) < 4.78 is 5.58. The maximum Gasteiger partial charge on any atom is 0.124 e. The van der Waals surface area contributed by atoms with Crippen LogP contribution in [-0.4, -0.2) is 33.6 Å². The van der Waals surface area contributed by atoms with Gasteiger partial charge in [0.05, 0.1) is 23.7 Å². The first kappa shape index (κ1) is 15.3. The molecule has 120 valence electrons. The van der Waals surface area contributed by atoms with E-state index in [0.29, 0.717) is 24.7 Å². The first-order chi connectivity index (χ1) is 10.6. The summed E-state index contributed by atoms with van der Waals surface area (Å²) in [5.41, 5.74) is 2.08.